The molecule has 14 heavy (non-hydrogen) atoms. The summed E-state index contributed by atoms with van der Waals surface area (Å²) in [4.78, 5) is 0. The summed E-state index contributed by atoms with van der Waals surface area (Å²) in [5.74, 6) is 0.721. The van der Waals surface area contributed by atoms with Crippen LogP contribution in [0.4, 0.5) is 0 Å². The highest BCUT2D eigenvalue weighted by Crippen LogP contribution is 2.31. The Morgan fingerprint density at radius 1 is 1.29 bits per heavy atom. The van der Waals surface area contributed by atoms with Gasteiger partial charge in [0.2, 0.25) is 0 Å². The van der Waals surface area contributed by atoms with E-state index in [-0.39, 0.29) is 11.6 Å². The summed E-state index contributed by atoms with van der Waals surface area (Å²) < 4.78 is 11.0. The molecule has 0 saturated heterocycles. The summed E-state index contributed by atoms with van der Waals surface area (Å²) in [6.45, 7) is 8.12. The molecule has 0 radical (unpaired) electrons. The fourth-order valence-corrected chi connectivity index (χ4v) is 1.29. The molecule has 1 fully saturated rings. The van der Waals surface area contributed by atoms with Crippen molar-refractivity contribution in [3.05, 3.63) is 0 Å². The first-order valence-corrected chi connectivity index (χ1v) is 5.46. The number of rotatable bonds is 6. The number of ether oxygens (including phenoxy) is 2. The summed E-state index contributed by atoms with van der Waals surface area (Å²) in [6, 6.07) is 0.240. The van der Waals surface area contributed by atoms with Gasteiger partial charge in [-0.15, -0.1) is 0 Å². The Labute approximate surface area is 86.9 Å². The van der Waals surface area contributed by atoms with Crippen molar-refractivity contribution in [3.63, 3.8) is 0 Å². The highest BCUT2D eigenvalue weighted by molar-refractivity contribution is 4.83. The number of hydrogen-bond donors (Lipinski definition) is 1. The molecular formula is C11H23NO2. The topological polar surface area (TPSA) is 44.5 Å². The van der Waals surface area contributed by atoms with Crippen molar-refractivity contribution >= 4 is 0 Å². The largest absolute Gasteiger partial charge is 0.377 e. The SMILES string of the molecule is CC(C)(C)OCCOCC(N)C1CC1. The third-order valence-corrected chi connectivity index (χ3v) is 2.30. The predicted molar refractivity (Wildman–Crippen MR) is 57.2 cm³/mol. The summed E-state index contributed by atoms with van der Waals surface area (Å²) in [5, 5.41) is 0. The molecular weight excluding hydrogens is 178 g/mol. The standard InChI is InChI=1S/C11H23NO2/c1-11(2,3)14-7-6-13-8-10(12)9-4-5-9/h9-10H,4-8,12H2,1-3H3. The van der Waals surface area contributed by atoms with Gasteiger partial charge >= 0.3 is 0 Å². The summed E-state index contributed by atoms with van der Waals surface area (Å²) in [7, 11) is 0. The molecule has 1 unspecified atom stereocenters. The quantitative estimate of drug-likeness (QED) is 0.663. The van der Waals surface area contributed by atoms with E-state index < -0.39 is 0 Å². The second-order valence-electron chi connectivity index (χ2n) is 5.04. The van der Waals surface area contributed by atoms with Crippen LogP contribution in [-0.2, 0) is 9.47 Å². The van der Waals surface area contributed by atoms with Crippen LogP contribution >= 0.6 is 0 Å². The van der Waals surface area contributed by atoms with Crippen LogP contribution in [0.5, 0.6) is 0 Å². The molecule has 1 rings (SSSR count). The van der Waals surface area contributed by atoms with Crippen LogP contribution in [-0.4, -0.2) is 31.5 Å². The van der Waals surface area contributed by atoms with E-state index in [0.29, 0.717) is 19.8 Å². The molecule has 3 heteroatoms. The normalized spacial score (nSPS) is 19.7. The molecule has 1 aliphatic rings. The first-order chi connectivity index (χ1) is 6.49. The van der Waals surface area contributed by atoms with E-state index >= 15 is 0 Å². The Morgan fingerprint density at radius 2 is 1.93 bits per heavy atom. The Hall–Kier alpha value is -0.120. The van der Waals surface area contributed by atoms with Crippen molar-refractivity contribution in [1.82, 2.24) is 0 Å². The Morgan fingerprint density at radius 3 is 2.43 bits per heavy atom. The minimum absolute atomic E-state index is 0.0675. The smallest absolute Gasteiger partial charge is 0.0707 e. The monoisotopic (exact) mass is 201 g/mol. The molecule has 0 aliphatic heterocycles. The van der Waals surface area contributed by atoms with E-state index in [1.165, 1.54) is 12.8 Å². The maximum Gasteiger partial charge on any atom is 0.0707 e. The molecule has 0 aromatic carbocycles. The zero-order valence-corrected chi connectivity index (χ0v) is 9.58. The zero-order valence-electron chi connectivity index (χ0n) is 9.58. The van der Waals surface area contributed by atoms with Gasteiger partial charge in [0.1, 0.15) is 0 Å². The maximum atomic E-state index is 5.88. The van der Waals surface area contributed by atoms with E-state index in [1.807, 2.05) is 20.8 Å². The molecule has 0 aromatic rings. The lowest BCUT2D eigenvalue weighted by Crippen LogP contribution is -2.29. The fraction of sp³-hybridized carbons (Fsp3) is 1.00. The molecule has 0 bridgehead atoms. The van der Waals surface area contributed by atoms with Crippen LogP contribution in [0.15, 0.2) is 0 Å². The highest BCUT2D eigenvalue weighted by atomic mass is 16.5. The van der Waals surface area contributed by atoms with Gasteiger partial charge in [0.25, 0.3) is 0 Å². The van der Waals surface area contributed by atoms with Gasteiger partial charge in [-0.25, -0.2) is 0 Å². The van der Waals surface area contributed by atoms with Crippen LogP contribution in [0.1, 0.15) is 33.6 Å². The molecule has 2 N–H and O–H groups in total. The predicted octanol–water partition coefficient (Wildman–Crippen LogP) is 1.56. The van der Waals surface area contributed by atoms with Crippen molar-refractivity contribution in [2.24, 2.45) is 11.7 Å². The Bertz CT molecular complexity index is 161. The molecule has 0 aromatic heterocycles. The van der Waals surface area contributed by atoms with Gasteiger partial charge in [-0.2, -0.15) is 0 Å². The van der Waals surface area contributed by atoms with E-state index in [2.05, 4.69) is 0 Å². The van der Waals surface area contributed by atoms with Gasteiger partial charge in [-0.1, -0.05) is 0 Å². The van der Waals surface area contributed by atoms with Gasteiger partial charge in [0.15, 0.2) is 0 Å². The van der Waals surface area contributed by atoms with E-state index in [0.717, 1.165) is 5.92 Å². The lowest BCUT2D eigenvalue weighted by Gasteiger charge is -2.19. The molecule has 84 valence electrons. The van der Waals surface area contributed by atoms with Gasteiger partial charge in [0, 0.05) is 6.04 Å². The second kappa shape index (κ2) is 5.10. The van der Waals surface area contributed by atoms with Crippen LogP contribution in [0.2, 0.25) is 0 Å². The second-order valence-corrected chi connectivity index (χ2v) is 5.04. The third-order valence-electron chi connectivity index (χ3n) is 2.30. The molecule has 3 nitrogen and oxygen atoms in total. The highest BCUT2D eigenvalue weighted by Gasteiger charge is 2.28. The van der Waals surface area contributed by atoms with E-state index in [1.54, 1.807) is 0 Å². The fourth-order valence-electron chi connectivity index (χ4n) is 1.29. The molecule has 1 atom stereocenters. The van der Waals surface area contributed by atoms with Crippen LogP contribution in [0.3, 0.4) is 0 Å². The third kappa shape index (κ3) is 5.58. The summed E-state index contributed by atoms with van der Waals surface area (Å²) in [5.41, 5.74) is 5.81. The van der Waals surface area contributed by atoms with Gasteiger partial charge in [-0.3, -0.25) is 0 Å². The van der Waals surface area contributed by atoms with Crippen LogP contribution in [0, 0.1) is 5.92 Å². The number of nitrogens with two attached hydrogens (primary N) is 1. The summed E-state index contributed by atoms with van der Waals surface area (Å²) in [6.07, 6.45) is 2.56. The minimum atomic E-state index is -0.0675. The van der Waals surface area contributed by atoms with Crippen molar-refractivity contribution in [2.75, 3.05) is 19.8 Å². The average Bonchev–Trinajstić information content (AvgIpc) is 2.83. The minimum Gasteiger partial charge on any atom is -0.377 e. The Kier molecular flexibility index (Phi) is 4.35. The van der Waals surface area contributed by atoms with Crippen molar-refractivity contribution in [3.8, 4) is 0 Å². The zero-order chi connectivity index (χ0) is 10.6. The summed E-state index contributed by atoms with van der Waals surface area (Å²) >= 11 is 0. The molecule has 1 saturated carbocycles. The van der Waals surface area contributed by atoms with Gasteiger partial charge < -0.3 is 15.2 Å². The molecule has 1 aliphatic carbocycles. The van der Waals surface area contributed by atoms with E-state index in [4.69, 9.17) is 15.2 Å². The van der Waals surface area contributed by atoms with Crippen molar-refractivity contribution in [1.29, 1.82) is 0 Å². The van der Waals surface area contributed by atoms with Crippen molar-refractivity contribution in [2.45, 2.75) is 45.3 Å². The average molecular weight is 201 g/mol. The van der Waals surface area contributed by atoms with Gasteiger partial charge in [-0.05, 0) is 39.5 Å². The van der Waals surface area contributed by atoms with Crippen molar-refractivity contribution < 1.29 is 9.47 Å². The lowest BCUT2D eigenvalue weighted by molar-refractivity contribution is -0.0367. The maximum absolute atomic E-state index is 5.88. The van der Waals surface area contributed by atoms with Crippen LogP contribution < -0.4 is 5.73 Å². The lowest BCUT2D eigenvalue weighted by atomic mass is 10.2. The first-order valence-electron chi connectivity index (χ1n) is 5.46. The van der Waals surface area contributed by atoms with E-state index in [9.17, 15) is 0 Å². The van der Waals surface area contributed by atoms with Crippen LogP contribution in [0.25, 0.3) is 0 Å². The van der Waals surface area contributed by atoms with Gasteiger partial charge in [0.05, 0.1) is 25.4 Å². The molecule has 0 amide bonds. The molecule has 0 heterocycles. The molecule has 0 spiro atoms. The number of hydrogen-bond acceptors (Lipinski definition) is 3. The Balaban J connectivity index is 1.88. The first kappa shape index (κ1) is 12.0.